The van der Waals surface area contributed by atoms with Crippen molar-refractivity contribution >= 4 is 18.0 Å². The van der Waals surface area contributed by atoms with Gasteiger partial charge in [0, 0.05) is 12.5 Å². The van der Waals surface area contributed by atoms with Crippen molar-refractivity contribution in [1.29, 1.82) is 0 Å². The minimum atomic E-state index is -0.887. The maximum atomic E-state index is 12.3. The van der Waals surface area contributed by atoms with Crippen molar-refractivity contribution < 1.29 is 29.0 Å². The molecule has 2 N–H and O–H groups in total. The molecular formula is C20H33NO6. The molecule has 2 aliphatic rings. The number of carboxylic acids is 1. The molecular weight excluding hydrogens is 350 g/mol. The van der Waals surface area contributed by atoms with Crippen LogP contribution in [0.15, 0.2) is 0 Å². The van der Waals surface area contributed by atoms with Gasteiger partial charge in [-0.25, -0.2) is 4.79 Å². The lowest BCUT2D eigenvalue weighted by Gasteiger charge is -2.27. The Morgan fingerprint density at radius 1 is 0.926 bits per heavy atom. The lowest BCUT2D eigenvalue weighted by Crippen LogP contribution is -2.38. The molecule has 2 fully saturated rings. The summed E-state index contributed by atoms with van der Waals surface area (Å²) in [6.07, 6.45) is 6.29. The molecule has 2 rings (SSSR count). The monoisotopic (exact) mass is 383 g/mol. The van der Waals surface area contributed by atoms with E-state index in [0.29, 0.717) is 19.4 Å². The summed E-state index contributed by atoms with van der Waals surface area (Å²) in [7, 11) is 0. The number of esters is 1. The number of hydrogen-bond acceptors (Lipinski definition) is 5. The minimum Gasteiger partial charge on any atom is -0.481 e. The molecule has 0 heterocycles. The zero-order valence-electron chi connectivity index (χ0n) is 16.4. The zero-order valence-corrected chi connectivity index (χ0v) is 16.4. The first kappa shape index (κ1) is 21.5. The van der Waals surface area contributed by atoms with Gasteiger partial charge in [-0.15, -0.1) is 0 Å². The SMILES string of the molecule is CC(C)C(OC(=O)NCC1CCC(C(=O)O)CC1)OC(=O)C1CCCCC1. The molecule has 0 aliphatic heterocycles. The van der Waals surface area contributed by atoms with E-state index in [0.717, 1.165) is 44.9 Å². The lowest BCUT2D eigenvalue weighted by atomic mass is 9.82. The van der Waals surface area contributed by atoms with Gasteiger partial charge in [0.2, 0.25) is 0 Å². The maximum absolute atomic E-state index is 12.3. The van der Waals surface area contributed by atoms with Crippen LogP contribution in [0, 0.1) is 23.7 Å². The van der Waals surface area contributed by atoms with Gasteiger partial charge in [0.15, 0.2) is 0 Å². The Hall–Kier alpha value is -1.79. The van der Waals surface area contributed by atoms with Crippen LogP contribution in [0.2, 0.25) is 0 Å². The van der Waals surface area contributed by atoms with Crippen molar-refractivity contribution in [2.75, 3.05) is 6.54 Å². The molecule has 0 bridgehead atoms. The smallest absolute Gasteiger partial charge is 0.410 e. The Morgan fingerprint density at radius 2 is 1.56 bits per heavy atom. The van der Waals surface area contributed by atoms with Gasteiger partial charge in [0.1, 0.15) is 0 Å². The third-order valence-corrected chi connectivity index (χ3v) is 5.67. The van der Waals surface area contributed by atoms with Gasteiger partial charge in [0.05, 0.1) is 11.8 Å². The van der Waals surface area contributed by atoms with Crippen LogP contribution in [0.5, 0.6) is 0 Å². The number of rotatable bonds is 7. The van der Waals surface area contributed by atoms with Gasteiger partial charge in [-0.2, -0.15) is 0 Å². The van der Waals surface area contributed by atoms with Crippen LogP contribution in [0.3, 0.4) is 0 Å². The van der Waals surface area contributed by atoms with Crippen molar-refractivity contribution in [2.45, 2.75) is 77.9 Å². The number of hydrogen-bond donors (Lipinski definition) is 2. The van der Waals surface area contributed by atoms with E-state index in [9.17, 15) is 14.4 Å². The van der Waals surface area contributed by atoms with Gasteiger partial charge in [-0.1, -0.05) is 33.1 Å². The number of aliphatic carboxylic acids is 1. The van der Waals surface area contributed by atoms with E-state index < -0.39 is 18.4 Å². The second-order valence-corrected chi connectivity index (χ2v) is 8.23. The van der Waals surface area contributed by atoms with Crippen LogP contribution in [0.25, 0.3) is 0 Å². The second kappa shape index (κ2) is 10.5. The van der Waals surface area contributed by atoms with Crippen molar-refractivity contribution in [2.24, 2.45) is 23.7 Å². The summed E-state index contributed by atoms with van der Waals surface area (Å²) >= 11 is 0. The minimum absolute atomic E-state index is 0.0870. The highest BCUT2D eigenvalue weighted by atomic mass is 16.7. The quantitative estimate of drug-likeness (QED) is 0.513. The molecule has 7 heteroatoms. The van der Waals surface area contributed by atoms with E-state index in [4.69, 9.17) is 14.6 Å². The topological polar surface area (TPSA) is 102 Å². The average Bonchev–Trinajstić information content (AvgIpc) is 2.66. The van der Waals surface area contributed by atoms with Crippen LogP contribution in [-0.4, -0.2) is 36.0 Å². The van der Waals surface area contributed by atoms with Gasteiger partial charge in [0.25, 0.3) is 6.29 Å². The molecule has 1 unspecified atom stereocenters. The number of carbonyl (C=O) groups is 3. The number of amides is 1. The highest BCUT2D eigenvalue weighted by molar-refractivity contribution is 5.73. The third kappa shape index (κ3) is 7.03. The molecule has 154 valence electrons. The third-order valence-electron chi connectivity index (χ3n) is 5.67. The molecule has 1 amide bonds. The van der Waals surface area contributed by atoms with Crippen LogP contribution in [0.1, 0.15) is 71.6 Å². The van der Waals surface area contributed by atoms with Gasteiger partial charge in [-0.05, 0) is 44.4 Å². The number of carbonyl (C=O) groups excluding carboxylic acids is 2. The van der Waals surface area contributed by atoms with E-state index in [2.05, 4.69) is 5.32 Å². The van der Waals surface area contributed by atoms with E-state index in [-0.39, 0.29) is 29.6 Å². The Morgan fingerprint density at radius 3 is 2.11 bits per heavy atom. The van der Waals surface area contributed by atoms with Crippen molar-refractivity contribution in [3.63, 3.8) is 0 Å². The zero-order chi connectivity index (χ0) is 19.8. The molecule has 0 radical (unpaired) electrons. The molecule has 2 aliphatic carbocycles. The summed E-state index contributed by atoms with van der Waals surface area (Å²) in [5.74, 6) is -1.23. The number of nitrogens with one attached hydrogen (secondary N) is 1. The number of alkyl carbamates (subject to hydrolysis) is 1. The van der Waals surface area contributed by atoms with Gasteiger partial charge < -0.3 is 19.9 Å². The van der Waals surface area contributed by atoms with Crippen LogP contribution >= 0.6 is 0 Å². The molecule has 2 saturated carbocycles. The number of carboxylic acid groups (broad SMARTS) is 1. The highest BCUT2D eigenvalue weighted by Crippen LogP contribution is 2.28. The fourth-order valence-electron chi connectivity index (χ4n) is 3.83. The van der Waals surface area contributed by atoms with E-state index >= 15 is 0 Å². The summed E-state index contributed by atoms with van der Waals surface area (Å²) in [4.78, 5) is 35.4. The largest absolute Gasteiger partial charge is 0.481 e. The molecule has 0 aromatic rings. The summed E-state index contributed by atoms with van der Waals surface area (Å²) in [6, 6.07) is 0. The fourth-order valence-corrected chi connectivity index (χ4v) is 3.83. The van der Waals surface area contributed by atoms with Crippen LogP contribution in [0.4, 0.5) is 4.79 Å². The standard InChI is InChI=1S/C20H33NO6/c1-13(2)19(26-18(24)16-6-4-3-5-7-16)27-20(25)21-12-14-8-10-15(11-9-14)17(22)23/h13-16,19H,3-12H2,1-2H3,(H,21,25)(H,22,23). The molecule has 1 atom stereocenters. The fraction of sp³-hybridized carbons (Fsp3) is 0.850. The van der Waals surface area contributed by atoms with Crippen LogP contribution in [-0.2, 0) is 19.1 Å². The summed E-state index contributed by atoms with van der Waals surface area (Å²) in [5.41, 5.74) is 0. The summed E-state index contributed by atoms with van der Waals surface area (Å²) < 4.78 is 10.8. The summed E-state index contributed by atoms with van der Waals surface area (Å²) in [6.45, 7) is 4.14. The summed E-state index contributed by atoms with van der Waals surface area (Å²) in [5, 5.41) is 11.8. The lowest BCUT2D eigenvalue weighted by molar-refractivity contribution is -0.180. The van der Waals surface area contributed by atoms with E-state index in [1.54, 1.807) is 0 Å². The van der Waals surface area contributed by atoms with Crippen LogP contribution < -0.4 is 5.32 Å². The average molecular weight is 383 g/mol. The first-order valence-corrected chi connectivity index (χ1v) is 10.2. The van der Waals surface area contributed by atoms with Crippen molar-refractivity contribution in [3.05, 3.63) is 0 Å². The predicted octanol–water partition coefficient (Wildman–Crippen LogP) is 3.71. The second-order valence-electron chi connectivity index (χ2n) is 8.23. The highest BCUT2D eigenvalue weighted by Gasteiger charge is 2.29. The van der Waals surface area contributed by atoms with Crippen molar-refractivity contribution in [1.82, 2.24) is 5.32 Å². The molecule has 0 spiro atoms. The first-order chi connectivity index (χ1) is 12.9. The Kier molecular flexibility index (Phi) is 8.38. The normalized spacial score (nSPS) is 24.9. The molecule has 0 aromatic heterocycles. The predicted molar refractivity (Wildman–Crippen MR) is 98.9 cm³/mol. The Labute approximate surface area is 161 Å². The Bertz CT molecular complexity index is 507. The molecule has 0 aromatic carbocycles. The first-order valence-electron chi connectivity index (χ1n) is 10.2. The maximum Gasteiger partial charge on any atom is 0.410 e. The van der Waals surface area contributed by atoms with E-state index in [1.807, 2.05) is 13.8 Å². The van der Waals surface area contributed by atoms with Gasteiger partial charge >= 0.3 is 18.0 Å². The number of ether oxygens (including phenoxy) is 2. The Balaban J connectivity index is 1.72. The molecule has 0 saturated heterocycles. The van der Waals surface area contributed by atoms with Gasteiger partial charge in [-0.3, -0.25) is 9.59 Å². The molecule has 7 nitrogen and oxygen atoms in total. The van der Waals surface area contributed by atoms with E-state index in [1.165, 1.54) is 0 Å². The molecule has 27 heavy (non-hydrogen) atoms. The van der Waals surface area contributed by atoms with Crippen molar-refractivity contribution in [3.8, 4) is 0 Å².